The van der Waals surface area contributed by atoms with Crippen molar-refractivity contribution >= 4 is 43.8 Å². The number of carbonyl (C=O) groups excluding carboxylic acids is 1. The predicted molar refractivity (Wildman–Crippen MR) is 128 cm³/mol. The Morgan fingerprint density at radius 3 is 3.10 bits per heavy atom. The van der Waals surface area contributed by atoms with E-state index in [1.807, 2.05) is 12.3 Å². The van der Waals surface area contributed by atoms with E-state index in [1.165, 1.54) is 23.3 Å². The van der Waals surface area contributed by atoms with E-state index in [1.54, 1.807) is 28.9 Å². The Morgan fingerprint density at radius 1 is 1.40 bits per heavy atom. The van der Waals surface area contributed by atoms with Crippen molar-refractivity contribution in [2.24, 2.45) is 0 Å². The maximum atomic E-state index is 12.9. The van der Waals surface area contributed by atoms with Crippen LogP contribution in [0.25, 0.3) is 20.8 Å². The lowest BCUT2D eigenvalue weighted by Crippen LogP contribution is -2.39. The Hall–Kier alpha value is -1.87. The summed E-state index contributed by atoms with van der Waals surface area (Å²) in [5.74, 6) is 0.0910. The molecule has 0 saturated carbocycles. The van der Waals surface area contributed by atoms with Gasteiger partial charge >= 0.3 is 0 Å². The number of aromatic nitrogens is 2. The molecule has 0 atom stereocenters. The summed E-state index contributed by atoms with van der Waals surface area (Å²) in [6, 6.07) is 2.01. The minimum absolute atomic E-state index is 0. The van der Waals surface area contributed by atoms with Crippen LogP contribution < -0.4 is 10.6 Å². The molecule has 5 heterocycles. The number of nitrogens with zero attached hydrogens (tertiary/aromatic N) is 3. The zero-order valence-electron chi connectivity index (χ0n) is 17.5. The molecule has 1 amide bonds. The maximum Gasteiger partial charge on any atom is 0.226 e. The zero-order chi connectivity index (χ0) is 20.7. The van der Waals surface area contributed by atoms with Gasteiger partial charge in [0, 0.05) is 44.5 Å². The number of pyridine rings is 1. The number of nitrogens with one attached hydrogen (secondary N) is 2. The van der Waals surface area contributed by atoms with E-state index in [2.05, 4.69) is 34.4 Å². The minimum Gasteiger partial charge on any atom is -0.317 e. The molecule has 0 spiro atoms. The molecule has 2 aliphatic heterocycles. The van der Waals surface area contributed by atoms with Crippen molar-refractivity contribution in [3.63, 3.8) is 0 Å². The van der Waals surface area contributed by atoms with Gasteiger partial charge in [-0.3, -0.25) is 14.7 Å². The lowest BCUT2D eigenvalue weighted by molar-refractivity contribution is -0.116. The summed E-state index contributed by atoms with van der Waals surface area (Å²) in [5.41, 5.74) is 3.57. The highest BCUT2D eigenvalue weighted by Gasteiger charge is 2.32. The molecule has 3 aromatic heterocycles. The van der Waals surface area contributed by atoms with Crippen LogP contribution >= 0.6 is 22.7 Å². The summed E-state index contributed by atoms with van der Waals surface area (Å²) in [6.45, 7) is 8.27. The topological polar surface area (TPSA) is 70.2 Å². The molecule has 5 rings (SSSR count). The summed E-state index contributed by atoms with van der Waals surface area (Å²) in [7, 11) is 0. The van der Waals surface area contributed by atoms with E-state index in [9.17, 15) is 4.79 Å². The van der Waals surface area contributed by atoms with Gasteiger partial charge in [0.1, 0.15) is 15.5 Å². The van der Waals surface area contributed by atoms with Crippen molar-refractivity contribution in [3.05, 3.63) is 28.9 Å². The summed E-state index contributed by atoms with van der Waals surface area (Å²) >= 11 is 3.37. The van der Waals surface area contributed by atoms with Crippen molar-refractivity contribution in [2.45, 2.75) is 51.6 Å². The van der Waals surface area contributed by atoms with Crippen molar-refractivity contribution in [3.8, 4) is 10.6 Å². The Labute approximate surface area is 187 Å². The second-order valence-electron chi connectivity index (χ2n) is 8.70. The standard InChI is InChI=1S/C22H27N5OS2.2H2/c1-22(2)7-3-10-27(22)11-6-18(28)26-21-19(14-4-8-24-13-17(14)30-21)20-25-15-12-23-9-5-16(15)29-20;;/h5,9,12,24H,3-4,6-8,10-11,13H2,1-2H3,(H,26,28);2*1H. The molecule has 2 N–H and O–H groups in total. The third kappa shape index (κ3) is 3.77. The SMILES string of the molecule is CC1(C)CCCN1CCC(=O)Nc1sc2c(c1-c1nc3cnccc3s1)CCNC2.[HH].[HH]. The maximum absolute atomic E-state index is 12.9. The van der Waals surface area contributed by atoms with E-state index in [4.69, 9.17) is 4.98 Å². The van der Waals surface area contributed by atoms with E-state index >= 15 is 0 Å². The third-order valence-corrected chi connectivity index (χ3v) is 8.47. The number of rotatable bonds is 5. The average Bonchev–Trinajstić information content (AvgIpc) is 3.39. The number of likely N-dealkylation sites (tertiary alicyclic amines) is 1. The van der Waals surface area contributed by atoms with Gasteiger partial charge in [-0.1, -0.05) is 0 Å². The van der Waals surface area contributed by atoms with E-state index in [-0.39, 0.29) is 14.3 Å². The molecule has 162 valence electrons. The summed E-state index contributed by atoms with van der Waals surface area (Å²) in [5, 5.41) is 8.61. The van der Waals surface area contributed by atoms with Gasteiger partial charge in [-0.2, -0.15) is 0 Å². The molecule has 0 radical (unpaired) electrons. The predicted octanol–water partition coefficient (Wildman–Crippen LogP) is 4.76. The van der Waals surface area contributed by atoms with E-state index in [0.717, 1.165) is 58.4 Å². The lowest BCUT2D eigenvalue weighted by Gasteiger charge is -2.31. The molecule has 0 aliphatic carbocycles. The van der Waals surface area contributed by atoms with Gasteiger partial charge in [-0.05, 0) is 57.8 Å². The van der Waals surface area contributed by atoms with Gasteiger partial charge in [0.25, 0.3) is 0 Å². The first kappa shape index (κ1) is 20.1. The Kier molecular flexibility index (Phi) is 5.35. The molecule has 3 aromatic rings. The van der Waals surface area contributed by atoms with Crippen LogP contribution in [0.15, 0.2) is 18.5 Å². The molecular weight excluding hydrogens is 414 g/mol. The van der Waals surface area contributed by atoms with Gasteiger partial charge < -0.3 is 10.6 Å². The van der Waals surface area contributed by atoms with Crippen molar-refractivity contribution in [2.75, 3.05) is 25.0 Å². The summed E-state index contributed by atoms with van der Waals surface area (Å²) in [4.78, 5) is 25.7. The molecule has 0 bridgehead atoms. The molecule has 6 nitrogen and oxygen atoms in total. The van der Waals surface area contributed by atoms with Crippen LogP contribution in [0.2, 0.25) is 0 Å². The monoisotopic (exact) mass is 445 g/mol. The summed E-state index contributed by atoms with van der Waals surface area (Å²) in [6.07, 6.45) is 7.53. The fourth-order valence-electron chi connectivity index (χ4n) is 4.54. The van der Waals surface area contributed by atoms with Crippen molar-refractivity contribution < 1.29 is 7.65 Å². The quantitative estimate of drug-likeness (QED) is 0.592. The number of anilines is 1. The van der Waals surface area contributed by atoms with Gasteiger partial charge in [-0.15, -0.1) is 22.7 Å². The molecule has 30 heavy (non-hydrogen) atoms. The first-order valence-electron chi connectivity index (χ1n) is 10.6. The smallest absolute Gasteiger partial charge is 0.226 e. The zero-order valence-corrected chi connectivity index (χ0v) is 19.1. The van der Waals surface area contributed by atoms with Crippen molar-refractivity contribution in [1.82, 2.24) is 20.2 Å². The van der Waals surface area contributed by atoms with E-state index < -0.39 is 0 Å². The fraction of sp³-hybridized carbons (Fsp3) is 0.500. The molecule has 1 saturated heterocycles. The molecule has 1 fully saturated rings. The largest absolute Gasteiger partial charge is 0.317 e. The Morgan fingerprint density at radius 2 is 2.30 bits per heavy atom. The van der Waals surface area contributed by atoms with Gasteiger partial charge in [0.15, 0.2) is 0 Å². The van der Waals surface area contributed by atoms with Crippen LogP contribution in [0.4, 0.5) is 5.00 Å². The second-order valence-corrected chi connectivity index (χ2v) is 10.8. The average molecular weight is 446 g/mol. The van der Waals surface area contributed by atoms with Gasteiger partial charge in [-0.25, -0.2) is 4.98 Å². The summed E-state index contributed by atoms with van der Waals surface area (Å²) < 4.78 is 1.13. The highest BCUT2D eigenvalue weighted by Crippen LogP contribution is 2.44. The fourth-order valence-corrected chi connectivity index (χ4v) is 6.85. The molecule has 8 heteroatoms. The molecular formula is C22H31N5OS2. The van der Waals surface area contributed by atoms with E-state index in [0.29, 0.717) is 6.42 Å². The van der Waals surface area contributed by atoms with Crippen molar-refractivity contribution in [1.29, 1.82) is 0 Å². The first-order chi connectivity index (χ1) is 14.5. The van der Waals surface area contributed by atoms with Crippen LogP contribution in [0.5, 0.6) is 0 Å². The van der Waals surface area contributed by atoms with Crippen LogP contribution in [-0.4, -0.2) is 45.9 Å². The second kappa shape index (κ2) is 8.00. The highest BCUT2D eigenvalue weighted by atomic mass is 32.1. The van der Waals surface area contributed by atoms with Gasteiger partial charge in [0.2, 0.25) is 5.91 Å². The molecule has 0 unspecified atom stereocenters. The lowest BCUT2D eigenvalue weighted by atomic mass is 10.0. The van der Waals surface area contributed by atoms with Gasteiger partial charge in [0.05, 0.1) is 10.9 Å². The van der Waals surface area contributed by atoms with Crippen LogP contribution in [-0.2, 0) is 17.8 Å². The van der Waals surface area contributed by atoms with Crippen LogP contribution in [0.1, 0.15) is 46.4 Å². The number of amides is 1. The van der Waals surface area contributed by atoms with Crippen LogP contribution in [0.3, 0.4) is 0 Å². The number of thiazole rings is 1. The number of hydrogen-bond acceptors (Lipinski definition) is 7. The molecule has 2 aliphatic rings. The Balaban J connectivity index is 0.00000144. The normalized spacial score (nSPS) is 18.6. The van der Waals surface area contributed by atoms with Crippen LogP contribution in [0, 0.1) is 0 Å². The highest BCUT2D eigenvalue weighted by molar-refractivity contribution is 7.22. The minimum atomic E-state index is 0. The number of fused-ring (bicyclic) bond motifs is 2. The Bertz CT molecular complexity index is 1060. The number of hydrogen-bond donors (Lipinski definition) is 2. The number of carbonyl (C=O) groups is 1. The molecule has 0 aromatic carbocycles. The third-order valence-electron chi connectivity index (χ3n) is 6.27. The number of thiophene rings is 1. The first-order valence-corrected chi connectivity index (χ1v) is 12.3.